The Morgan fingerprint density at radius 1 is 1.60 bits per heavy atom. The lowest BCUT2D eigenvalue weighted by atomic mass is 10.1. The Morgan fingerprint density at radius 3 is 2.53 bits per heavy atom. The van der Waals surface area contributed by atoms with Crippen LogP contribution >= 0.6 is 11.6 Å². The van der Waals surface area contributed by atoms with E-state index in [2.05, 4.69) is 6.72 Å². The quantitative estimate of drug-likeness (QED) is 0.709. The van der Waals surface area contributed by atoms with Crippen LogP contribution in [0.1, 0.15) is 0 Å². The summed E-state index contributed by atoms with van der Waals surface area (Å²) in [6, 6.07) is 0. The monoisotopic (exact) mass is 240 g/mol. The van der Waals surface area contributed by atoms with Crippen LogP contribution in [0.5, 0.6) is 0 Å². The maximum absolute atomic E-state index is 12.3. The number of halogens is 4. The molecule has 0 bridgehead atoms. The fraction of sp³-hybridized carbons (Fsp3) is 0.250. The van der Waals surface area contributed by atoms with E-state index >= 15 is 0 Å². The van der Waals surface area contributed by atoms with Crippen LogP contribution in [0.15, 0.2) is 22.4 Å². The maximum atomic E-state index is 12.3. The topological polar surface area (TPSA) is 40.3 Å². The lowest BCUT2D eigenvalue weighted by molar-refractivity contribution is -0.489. The zero-order valence-electron chi connectivity index (χ0n) is 7.31. The molecule has 0 radical (unpaired) electrons. The highest BCUT2D eigenvalue weighted by Gasteiger charge is 2.45. The molecule has 1 N–H and O–H groups in total. The molecule has 0 aromatic carbocycles. The number of carboxylic acid groups (broad SMARTS) is 1. The number of nitrogens with zero attached hydrogens (tertiary/aromatic N) is 1. The van der Waals surface area contributed by atoms with Gasteiger partial charge in [-0.15, -0.1) is 0 Å². The first-order valence-corrected chi connectivity index (χ1v) is 4.10. The van der Waals surface area contributed by atoms with E-state index in [0.29, 0.717) is 10.7 Å². The van der Waals surface area contributed by atoms with Gasteiger partial charge in [-0.1, -0.05) is 11.6 Å². The second-order valence-electron chi connectivity index (χ2n) is 2.86. The number of aliphatic carboxylic acids is 1. The molecule has 7 heteroatoms. The number of alkyl halides is 3. The van der Waals surface area contributed by atoms with E-state index in [0.717, 1.165) is 0 Å². The molecule has 1 aliphatic rings. The molecule has 0 unspecified atom stereocenters. The summed E-state index contributed by atoms with van der Waals surface area (Å²) in [5.41, 5.74) is -1.36. The van der Waals surface area contributed by atoms with Crippen LogP contribution < -0.4 is 0 Å². The van der Waals surface area contributed by atoms with Crippen molar-refractivity contribution in [1.29, 1.82) is 0 Å². The van der Waals surface area contributed by atoms with Gasteiger partial charge in [0.05, 0.1) is 5.03 Å². The number of allylic oxidation sites excluding steroid dienone is 3. The Kier molecular flexibility index (Phi) is 2.90. The molecule has 0 saturated heterocycles. The molecular formula is C8H6ClF3NO2+. The summed E-state index contributed by atoms with van der Waals surface area (Å²) in [6.45, 7) is 2.63. The lowest BCUT2D eigenvalue weighted by Crippen LogP contribution is -2.29. The van der Waals surface area contributed by atoms with Gasteiger partial charge in [0.2, 0.25) is 0 Å². The van der Waals surface area contributed by atoms with Crippen molar-refractivity contribution >= 4 is 24.3 Å². The number of carbonyl (C=O) groups is 1. The molecule has 1 aliphatic heterocycles. The zero-order chi connectivity index (χ0) is 11.8. The van der Waals surface area contributed by atoms with E-state index in [1.807, 2.05) is 0 Å². The highest BCUT2D eigenvalue weighted by molar-refractivity contribution is 6.33. The first kappa shape index (κ1) is 11.8. The third-order valence-corrected chi connectivity index (χ3v) is 2.13. The molecule has 15 heavy (non-hydrogen) atoms. The third-order valence-electron chi connectivity index (χ3n) is 1.79. The minimum absolute atomic E-state index is 0.306. The second kappa shape index (κ2) is 3.69. The van der Waals surface area contributed by atoms with Crippen molar-refractivity contribution in [2.24, 2.45) is 0 Å². The fourth-order valence-electron chi connectivity index (χ4n) is 1.08. The van der Waals surface area contributed by atoms with E-state index in [4.69, 9.17) is 16.7 Å². The molecule has 0 amide bonds. The molecule has 1 heterocycles. The van der Waals surface area contributed by atoms with Gasteiger partial charge in [-0.2, -0.15) is 17.7 Å². The van der Waals surface area contributed by atoms with Gasteiger partial charge in [0, 0.05) is 6.08 Å². The van der Waals surface area contributed by atoms with Gasteiger partial charge in [0.1, 0.15) is 12.3 Å². The Hall–Kier alpha value is -1.30. The average molecular weight is 241 g/mol. The van der Waals surface area contributed by atoms with E-state index in [9.17, 15) is 18.0 Å². The van der Waals surface area contributed by atoms with Crippen LogP contribution in [0.2, 0.25) is 0 Å². The smallest absolute Gasteiger partial charge is 0.477 e. The van der Waals surface area contributed by atoms with Crippen LogP contribution in [0.4, 0.5) is 13.2 Å². The molecule has 0 aromatic rings. The molecule has 0 spiro atoms. The van der Waals surface area contributed by atoms with Gasteiger partial charge in [-0.3, -0.25) is 0 Å². The van der Waals surface area contributed by atoms with Gasteiger partial charge in [0.25, 0.3) is 5.70 Å². The molecule has 0 fully saturated rings. The van der Waals surface area contributed by atoms with Gasteiger partial charge >= 0.3 is 12.1 Å². The second-order valence-corrected chi connectivity index (χ2v) is 3.26. The van der Waals surface area contributed by atoms with Crippen molar-refractivity contribution in [2.45, 2.75) is 6.18 Å². The molecule has 82 valence electrons. The minimum Gasteiger partial charge on any atom is -0.478 e. The summed E-state index contributed by atoms with van der Waals surface area (Å²) in [7, 11) is 0. The SMILES string of the molecule is C=[N+]1CC(C(=O)O)=C(Cl)C=C1C(F)(F)F. The molecular weight excluding hydrogens is 235 g/mol. The first-order chi connectivity index (χ1) is 6.73. The predicted octanol–water partition coefficient (Wildman–Crippen LogP) is 1.74. The molecule has 0 saturated carbocycles. The van der Waals surface area contributed by atoms with E-state index in [1.165, 1.54) is 0 Å². The summed E-state index contributed by atoms with van der Waals surface area (Å²) in [4.78, 5) is 10.6. The predicted molar refractivity (Wildman–Crippen MR) is 46.9 cm³/mol. The summed E-state index contributed by atoms with van der Waals surface area (Å²) in [5, 5.41) is 8.19. The van der Waals surface area contributed by atoms with Crippen molar-refractivity contribution in [3.05, 3.63) is 22.4 Å². The molecule has 0 aromatic heterocycles. The molecule has 3 nitrogen and oxygen atoms in total. The van der Waals surface area contributed by atoms with Crippen molar-refractivity contribution in [3.63, 3.8) is 0 Å². The van der Waals surface area contributed by atoms with Crippen molar-refractivity contribution in [3.8, 4) is 0 Å². The van der Waals surface area contributed by atoms with Crippen LogP contribution in [0.25, 0.3) is 0 Å². The lowest BCUT2D eigenvalue weighted by Gasteiger charge is -2.13. The summed E-state index contributed by atoms with van der Waals surface area (Å²) in [6.07, 6.45) is -4.03. The Morgan fingerprint density at radius 2 is 2.13 bits per heavy atom. The zero-order valence-corrected chi connectivity index (χ0v) is 8.06. The fourth-order valence-corrected chi connectivity index (χ4v) is 1.32. The summed E-state index contributed by atoms with van der Waals surface area (Å²) in [5.74, 6) is -1.36. The average Bonchev–Trinajstić information content (AvgIpc) is 2.06. The number of rotatable bonds is 1. The highest BCUT2D eigenvalue weighted by atomic mass is 35.5. The van der Waals surface area contributed by atoms with Crippen LogP contribution in [-0.4, -0.2) is 35.1 Å². The minimum atomic E-state index is -4.59. The van der Waals surface area contributed by atoms with Gasteiger partial charge in [0.15, 0.2) is 6.54 Å². The Balaban J connectivity index is 3.21. The summed E-state index contributed by atoms with van der Waals surface area (Å²) >= 11 is 5.41. The van der Waals surface area contributed by atoms with Crippen molar-refractivity contribution < 1.29 is 27.6 Å². The third kappa shape index (κ3) is 2.38. The Labute approximate surface area is 87.8 Å². The summed E-state index contributed by atoms with van der Waals surface area (Å²) < 4.78 is 37.5. The van der Waals surface area contributed by atoms with E-state index in [1.54, 1.807) is 0 Å². The largest absolute Gasteiger partial charge is 0.478 e. The van der Waals surface area contributed by atoms with Gasteiger partial charge in [-0.05, 0) is 0 Å². The van der Waals surface area contributed by atoms with Crippen molar-refractivity contribution in [2.75, 3.05) is 6.54 Å². The standard InChI is InChI=1S/C8H5ClF3NO2/c1-13-3-4(7(14)15)5(9)2-6(13)8(10,11)12/h2H,1,3H2/p+1. The maximum Gasteiger partial charge on any atom is 0.477 e. The number of hydrogen-bond acceptors (Lipinski definition) is 1. The number of carboxylic acids is 1. The van der Waals surface area contributed by atoms with E-state index in [-0.39, 0.29) is 5.57 Å². The highest BCUT2D eigenvalue weighted by Crippen LogP contribution is 2.31. The van der Waals surface area contributed by atoms with Gasteiger partial charge < -0.3 is 5.11 Å². The van der Waals surface area contributed by atoms with Gasteiger partial charge in [-0.25, -0.2) is 4.79 Å². The number of hydrogen-bond donors (Lipinski definition) is 1. The van der Waals surface area contributed by atoms with Crippen LogP contribution in [0, 0.1) is 0 Å². The molecule has 0 atom stereocenters. The van der Waals surface area contributed by atoms with E-state index < -0.39 is 29.4 Å². The molecule has 1 rings (SSSR count). The van der Waals surface area contributed by atoms with Crippen LogP contribution in [-0.2, 0) is 4.79 Å². The van der Waals surface area contributed by atoms with Crippen molar-refractivity contribution in [1.82, 2.24) is 0 Å². The van der Waals surface area contributed by atoms with Crippen LogP contribution in [0.3, 0.4) is 0 Å². The molecule has 0 aliphatic carbocycles. The normalized spacial score (nSPS) is 17.9. The first-order valence-electron chi connectivity index (χ1n) is 3.72. The Bertz CT molecular complexity index is 395.